The third-order valence-corrected chi connectivity index (χ3v) is 3.24. The largest absolute Gasteiger partial charge is 0.507 e. The number of aromatic hydroxyl groups is 3. The summed E-state index contributed by atoms with van der Waals surface area (Å²) >= 11 is 0. The number of benzene rings is 2. The number of fused-ring (bicyclic) bond motifs is 2. The first-order valence-corrected chi connectivity index (χ1v) is 5.54. The quantitative estimate of drug-likeness (QED) is 0.607. The van der Waals surface area contributed by atoms with E-state index < -0.39 is 0 Å². The number of rotatable bonds is 0. The van der Waals surface area contributed by atoms with Crippen LogP contribution in [0.4, 0.5) is 0 Å². The van der Waals surface area contributed by atoms with Crippen LogP contribution >= 0.6 is 0 Å². The molecule has 2 aromatic rings. The molecule has 3 heteroatoms. The minimum Gasteiger partial charge on any atom is -0.507 e. The summed E-state index contributed by atoms with van der Waals surface area (Å²) in [5.41, 5.74) is 1.81. The van der Waals surface area contributed by atoms with Crippen molar-refractivity contribution < 1.29 is 15.3 Å². The molecule has 1 aliphatic rings. The molecule has 3 nitrogen and oxygen atoms in total. The number of hydrogen-bond donors (Lipinski definition) is 3. The van der Waals surface area contributed by atoms with Gasteiger partial charge in [-0.2, -0.15) is 0 Å². The molecule has 3 N–H and O–H groups in total. The van der Waals surface area contributed by atoms with Gasteiger partial charge in [0.05, 0.1) is 0 Å². The Morgan fingerprint density at radius 2 is 1.76 bits per heavy atom. The molecule has 0 spiro atoms. The summed E-state index contributed by atoms with van der Waals surface area (Å²) in [6, 6.07) is 4.82. The highest BCUT2D eigenvalue weighted by Crippen LogP contribution is 2.41. The molecule has 0 atom stereocenters. The van der Waals surface area contributed by atoms with Crippen LogP contribution < -0.4 is 0 Å². The van der Waals surface area contributed by atoms with Gasteiger partial charge in [0.15, 0.2) is 11.5 Å². The highest BCUT2D eigenvalue weighted by Gasteiger charge is 2.16. The van der Waals surface area contributed by atoms with E-state index in [1.807, 2.05) is 12.2 Å². The highest BCUT2D eigenvalue weighted by atomic mass is 16.3. The van der Waals surface area contributed by atoms with Crippen LogP contribution in [0, 0.1) is 0 Å². The minimum atomic E-state index is -0.181. The monoisotopic (exact) mass is 228 g/mol. The maximum absolute atomic E-state index is 10.2. The third-order valence-electron chi connectivity index (χ3n) is 3.24. The van der Waals surface area contributed by atoms with E-state index in [2.05, 4.69) is 0 Å². The van der Waals surface area contributed by atoms with Gasteiger partial charge in [0.2, 0.25) is 0 Å². The number of phenolic OH excluding ortho intramolecular Hbond substituents is 3. The van der Waals surface area contributed by atoms with E-state index in [1.54, 1.807) is 12.1 Å². The molecule has 1 aliphatic carbocycles. The fourth-order valence-corrected chi connectivity index (χ4v) is 2.34. The second kappa shape index (κ2) is 3.42. The Morgan fingerprint density at radius 3 is 2.59 bits per heavy atom. The van der Waals surface area contributed by atoms with Crippen LogP contribution in [0.2, 0.25) is 0 Å². The maximum Gasteiger partial charge on any atom is 0.165 e. The molecule has 0 saturated carbocycles. The molecule has 0 aliphatic heterocycles. The van der Waals surface area contributed by atoms with Gasteiger partial charge in [0.1, 0.15) is 5.75 Å². The Balaban J connectivity index is 2.45. The molecular formula is C14H12O3. The molecule has 86 valence electrons. The molecule has 17 heavy (non-hydrogen) atoms. The average Bonchev–Trinajstić information content (AvgIpc) is 2.35. The summed E-state index contributed by atoms with van der Waals surface area (Å²) in [7, 11) is 0. The lowest BCUT2D eigenvalue weighted by molar-refractivity contribution is 0.408. The molecule has 0 fully saturated rings. The van der Waals surface area contributed by atoms with E-state index in [-0.39, 0.29) is 17.2 Å². The van der Waals surface area contributed by atoms with Gasteiger partial charge in [-0.1, -0.05) is 12.2 Å². The van der Waals surface area contributed by atoms with Crippen molar-refractivity contribution in [2.75, 3.05) is 0 Å². The van der Waals surface area contributed by atoms with Crippen molar-refractivity contribution in [3.8, 4) is 17.2 Å². The lowest BCUT2D eigenvalue weighted by Crippen LogP contribution is -1.95. The summed E-state index contributed by atoms with van der Waals surface area (Å²) in [5, 5.41) is 30.5. The van der Waals surface area contributed by atoms with Crippen molar-refractivity contribution in [3.05, 3.63) is 35.4 Å². The molecular weight excluding hydrogens is 216 g/mol. The van der Waals surface area contributed by atoms with Crippen LogP contribution in [-0.2, 0) is 6.42 Å². The first kappa shape index (κ1) is 10.0. The van der Waals surface area contributed by atoms with Gasteiger partial charge >= 0.3 is 0 Å². The SMILES string of the molecule is Oc1ccc2c(O)c3c(cc2c1O)C=CCC3. The normalized spacial score (nSPS) is 13.9. The summed E-state index contributed by atoms with van der Waals surface area (Å²) < 4.78 is 0. The Hall–Kier alpha value is -2.16. The predicted molar refractivity (Wildman–Crippen MR) is 66.3 cm³/mol. The lowest BCUT2D eigenvalue weighted by atomic mass is 9.92. The summed E-state index contributed by atoms with van der Waals surface area (Å²) in [5.74, 6) is -0.145. The van der Waals surface area contributed by atoms with E-state index in [0.717, 1.165) is 24.0 Å². The fourth-order valence-electron chi connectivity index (χ4n) is 2.34. The minimum absolute atomic E-state index is 0.170. The zero-order valence-electron chi connectivity index (χ0n) is 9.14. The van der Waals surface area contributed by atoms with Gasteiger partial charge < -0.3 is 15.3 Å². The van der Waals surface area contributed by atoms with Crippen LogP contribution in [0.3, 0.4) is 0 Å². The van der Waals surface area contributed by atoms with Gasteiger partial charge in [0, 0.05) is 16.3 Å². The van der Waals surface area contributed by atoms with E-state index in [0.29, 0.717) is 10.8 Å². The summed E-state index contributed by atoms with van der Waals surface area (Å²) in [4.78, 5) is 0. The van der Waals surface area contributed by atoms with Crippen molar-refractivity contribution in [2.24, 2.45) is 0 Å². The van der Waals surface area contributed by atoms with Crippen molar-refractivity contribution in [2.45, 2.75) is 12.8 Å². The van der Waals surface area contributed by atoms with Gasteiger partial charge in [0.25, 0.3) is 0 Å². The van der Waals surface area contributed by atoms with E-state index >= 15 is 0 Å². The smallest absolute Gasteiger partial charge is 0.165 e. The molecule has 0 aromatic heterocycles. The standard InChI is InChI=1S/C14H12O3/c15-12-6-5-10-11(14(12)17)7-8-3-1-2-4-9(8)13(10)16/h1,3,5-7,15-17H,2,4H2. The zero-order valence-corrected chi connectivity index (χ0v) is 9.14. The zero-order chi connectivity index (χ0) is 12.0. The van der Waals surface area contributed by atoms with Crippen LogP contribution in [-0.4, -0.2) is 15.3 Å². The van der Waals surface area contributed by atoms with Gasteiger partial charge in [-0.15, -0.1) is 0 Å². The second-order valence-corrected chi connectivity index (χ2v) is 4.26. The van der Waals surface area contributed by atoms with Crippen molar-refractivity contribution in [1.82, 2.24) is 0 Å². The van der Waals surface area contributed by atoms with Crippen LogP contribution in [0.25, 0.3) is 16.8 Å². The summed E-state index contributed by atoms with van der Waals surface area (Å²) in [6.45, 7) is 0. The Labute approximate surface area is 98.3 Å². The lowest BCUT2D eigenvalue weighted by Gasteiger charge is -2.15. The molecule has 0 saturated heterocycles. The number of allylic oxidation sites excluding steroid dienone is 1. The van der Waals surface area contributed by atoms with Gasteiger partial charge in [-0.25, -0.2) is 0 Å². The summed E-state index contributed by atoms with van der Waals surface area (Å²) in [6.07, 6.45) is 5.68. The fraction of sp³-hybridized carbons (Fsp3) is 0.143. The van der Waals surface area contributed by atoms with E-state index in [1.165, 1.54) is 6.07 Å². The molecule has 0 bridgehead atoms. The van der Waals surface area contributed by atoms with Crippen molar-refractivity contribution in [3.63, 3.8) is 0 Å². The van der Waals surface area contributed by atoms with Crippen LogP contribution in [0.15, 0.2) is 24.3 Å². The highest BCUT2D eigenvalue weighted by molar-refractivity contribution is 5.97. The molecule has 0 unspecified atom stereocenters. The first-order valence-electron chi connectivity index (χ1n) is 5.54. The van der Waals surface area contributed by atoms with Crippen LogP contribution in [0.1, 0.15) is 17.5 Å². The molecule has 0 heterocycles. The molecule has 2 aromatic carbocycles. The van der Waals surface area contributed by atoms with E-state index in [9.17, 15) is 15.3 Å². The van der Waals surface area contributed by atoms with Gasteiger partial charge in [-0.3, -0.25) is 0 Å². The Morgan fingerprint density at radius 1 is 0.941 bits per heavy atom. The van der Waals surface area contributed by atoms with Gasteiger partial charge in [-0.05, 0) is 36.6 Å². The van der Waals surface area contributed by atoms with Crippen molar-refractivity contribution in [1.29, 1.82) is 0 Å². The molecule has 0 amide bonds. The van der Waals surface area contributed by atoms with E-state index in [4.69, 9.17) is 0 Å². The topological polar surface area (TPSA) is 60.7 Å². The third kappa shape index (κ3) is 1.35. The predicted octanol–water partition coefficient (Wildman–Crippen LogP) is 2.92. The maximum atomic E-state index is 10.2. The second-order valence-electron chi connectivity index (χ2n) is 4.26. The number of phenols is 3. The average molecular weight is 228 g/mol. The molecule has 3 rings (SSSR count). The number of hydrogen-bond acceptors (Lipinski definition) is 3. The van der Waals surface area contributed by atoms with Crippen LogP contribution in [0.5, 0.6) is 17.2 Å². The molecule has 0 radical (unpaired) electrons. The Bertz CT molecular complexity index is 642. The van der Waals surface area contributed by atoms with Crippen molar-refractivity contribution >= 4 is 16.8 Å². The Kier molecular flexibility index (Phi) is 2.01. The first-order chi connectivity index (χ1) is 8.18.